The molecule has 0 saturated heterocycles. The van der Waals surface area contributed by atoms with Crippen LogP contribution in [0.5, 0.6) is 0 Å². The Morgan fingerprint density at radius 2 is 1.95 bits per heavy atom. The summed E-state index contributed by atoms with van der Waals surface area (Å²) < 4.78 is 14.7. The molecule has 0 aliphatic heterocycles. The number of hydrogen-bond donors (Lipinski definition) is 1. The Labute approximate surface area is 118 Å². The summed E-state index contributed by atoms with van der Waals surface area (Å²) in [5.74, 6) is -1.70. The Hall–Kier alpha value is -3.09. The fourth-order valence-electron chi connectivity index (χ4n) is 1.91. The molecular weight excluding hydrogens is 275 g/mol. The van der Waals surface area contributed by atoms with Gasteiger partial charge in [-0.15, -0.1) is 0 Å². The molecule has 3 heterocycles. The first-order chi connectivity index (χ1) is 10.1. The van der Waals surface area contributed by atoms with Gasteiger partial charge in [-0.2, -0.15) is 5.10 Å². The van der Waals surface area contributed by atoms with Crippen LogP contribution in [0.1, 0.15) is 10.4 Å². The van der Waals surface area contributed by atoms with E-state index < -0.39 is 11.8 Å². The third kappa shape index (κ3) is 2.48. The van der Waals surface area contributed by atoms with Gasteiger partial charge in [0.15, 0.2) is 0 Å². The third-order valence-corrected chi connectivity index (χ3v) is 2.85. The Kier molecular flexibility index (Phi) is 3.15. The first-order valence-corrected chi connectivity index (χ1v) is 5.99. The van der Waals surface area contributed by atoms with Crippen molar-refractivity contribution in [1.82, 2.24) is 19.7 Å². The Balaban J connectivity index is 2.16. The number of carbonyl (C=O) groups is 1. The van der Waals surface area contributed by atoms with Gasteiger partial charge in [0.05, 0.1) is 11.9 Å². The Morgan fingerprint density at radius 3 is 2.62 bits per heavy atom. The van der Waals surface area contributed by atoms with Crippen molar-refractivity contribution in [2.75, 3.05) is 0 Å². The van der Waals surface area contributed by atoms with Crippen molar-refractivity contribution >= 4 is 5.97 Å². The van der Waals surface area contributed by atoms with Crippen LogP contribution in [0.4, 0.5) is 4.39 Å². The number of halogens is 1. The molecule has 3 rings (SSSR count). The van der Waals surface area contributed by atoms with Crippen LogP contribution in [0.2, 0.25) is 0 Å². The van der Waals surface area contributed by atoms with Crippen molar-refractivity contribution in [2.45, 2.75) is 0 Å². The van der Waals surface area contributed by atoms with E-state index in [4.69, 9.17) is 0 Å². The molecule has 0 spiro atoms. The zero-order chi connectivity index (χ0) is 14.8. The summed E-state index contributed by atoms with van der Waals surface area (Å²) in [4.78, 5) is 18.9. The molecule has 1 N–H and O–H groups in total. The van der Waals surface area contributed by atoms with Gasteiger partial charge in [-0.1, -0.05) is 0 Å². The van der Waals surface area contributed by atoms with E-state index in [0.717, 1.165) is 6.20 Å². The average Bonchev–Trinajstić information content (AvgIpc) is 2.93. The molecule has 0 radical (unpaired) electrons. The number of hydrogen-bond acceptors (Lipinski definition) is 4. The second kappa shape index (κ2) is 5.12. The van der Waals surface area contributed by atoms with Crippen LogP contribution >= 0.6 is 0 Å². The summed E-state index contributed by atoms with van der Waals surface area (Å²) in [5, 5.41) is 13.5. The highest BCUT2D eigenvalue weighted by atomic mass is 19.1. The minimum Gasteiger partial charge on any atom is -0.478 e. The van der Waals surface area contributed by atoms with Crippen LogP contribution in [-0.4, -0.2) is 30.8 Å². The van der Waals surface area contributed by atoms with Crippen molar-refractivity contribution in [3.8, 4) is 16.9 Å². The highest BCUT2D eigenvalue weighted by Crippen LogP contribution is 2.23. The maximum atomic E-state index is 13.3. The van der Waals surface area contributed by atoms with Gasteiger partial charge in [0.25, 0.3) is 0 Å². The molecule has 0 aromatic carbocycles. The average molecular weight is 284 g/mol. The molecule has 0 aliphatic carbocycles. The highest BCUT2D eigenvalue weighted by Gasteiger charge is 2.18. The quantitative estimate of drug-likeness (QED) is 0.797. The standard InChI is InChI=1S/C14H9FN4O2/c15-10-5-9(6-17-7-10)13-12(14(20)21)8-19(18-13)11-1-3-16-4-2-11/h1-8H,(H,20,21). The molecule has 3 aromatic heterocycles. The zero-order valence-electron chi connectivity index (χ0n) is 10.6. The fourth-order valence-corrected chi connectivity index (χ4v) is 1.91. The molecular formula is C14H9FN4O2. The van der Waals surface area contributed by atoms with E-state index in [1.165, 1.54) is 23.1 Å². The van der Waals surface area contributed by atoms with Crippen LogP contribution in [-0.2, 0) is 0 Å². The first kappa shape index (κ1) is 12.9. The molecule has 6 nitrogen and oxygen atoms in total. The van der Waals surface area contributed by atoms with Crippen LogP contribution in [0, 0.1) is 5.82 Å². The SMILES string of the molecule is O=C(O)c1cn(-c2ccncc2)nc1-c1cncc(F)c1. The van der Waals surface area contributed by atoms with E-state index in [1.807, 2.05) is 0 Å². The molecule has 0 bridgehead atoms. The lowest BCUT2D eigenvalue weighted by Crippen LogP contribution is -1.97. The molecule has 104 valence electrons. The number of carboxylic acid groups (broad SMARTS) is 1. The first-order valence-electron chi connectivity index (χ1n) is 5.99. The lowest BCUT2D eigenvalue weighted by atomic mass is 10.1. The largest absolute Gasteiger partial charge is 0.478 e. The minimum atomic E-state index is -1.14. The molecule has 0 atom stereocenters. The summed E-state index contributed by atoms with van der Waals surface area (Å²) in [5.41, 5.74) is 1.09. The summed E-state index contributed by atoms with van der Waals surface area (Å²) >= 11 is 0. The number of aromatic carboxylic acids is 1. The Bertz CT molecular complexity index is 802. The normalized spacial score (nSPS) is 10.5. The number of carboxylic acids is 1. The van der Waals surface area contributed by atoms with E-state index in [9.17, 15) is 14.3 Å². The van der Waals surface area contributed by atoms with Gasteiger partial charge in [-0.25, -0.2) is 13.9 Å². The van der Waals surface area contributed by atoms with Crippen LogP contribution in [0.25, 0.3) is 16.9 Å². The molecule has 7 heteroatoms. The summed E-state index contributed by atoms with van der Waals surface area (Å²) in [6.45, 7) is 0. The van der Waals surface area contributed by atoms with Gasteiger partial charge in [0.1, 0.15) is 17.1 Å². The summed E-state index contributed by atoms with van der Waals surface area (Å²) in [7, 11) is 0. The van der Waals surface area contributed by atoms with Crippen molar-refractivity contribution < 1.29 is 14.3 Å². The van der Waals surface area contributed by atoms with Crippen LogP contribution < -0.4 is 0 Å². The van der Waals surface area contributed by atoms with Crippen LogP contribution in [0.3, 0.4) is 0 Å². The fraction of sp³-hybridized carbons (Fsp3) is 0. The van der Waals surface area contributed by atoms with E-state index in [0.29, 0.717) is 11.3 Å². The number of pyridine rings is 2. The number of aromatic nitrogens is 4. The monoisotopic (exact) mass is 284 g/mol. The molecule has 0 amide bonds. The molecule has 0 unspecified atom stereocenters. The molecule has 0 aliphatic rings. The minimum absolute atomic E-state index is 0.0285. The molecule has 3 aromatic rings. The predicted octanol–water partition coefficient (Wildman–Crippen LogP) is 2.17. The van der Waals surface area contributed by atoms with Gasteiger partial charge in [-0.3, -0.25) is 9.97 Å². The molecule has 0 fully saturated rings. The van der Waals surface area contributed by atoms with Crippen molar-refractivity contribution in [3.63, 3.8) is 0 Å². The van der Waals surface area contributed by atoms with Crippen molar-refractivity contribution in [3.05, 3.63) is 60.6 Å². The lowest BCUT2D eigenvalue weighted by Gasteiger charge is -2.00. The highest BCUT2D eigenvalue weighted by molar-refractivity contribution is 5.94. The number of rotatable bonds is 3. The Morgan fingerprint density at radius 1 is 1.19 bits per heavy atom. The van der Waals surface area contributed by atoms with E-state index in [2.05, 4.69) is 15.1 Å². The molecule has 0 saturated carbocycles. The van der Waals surface area contributed by atoms with Gasteiger partial charge >= 0.3 is 5.97 Å². The van der Waals surface area contributed by atoms with Crippen LogP contribution in [0.15, 0.2) is 49.2 Å². The second-order valence-electron chi connectivity index (χ2n) is 4.24. The smallest absolute Gasteiger partial charge is 0.339 e. The predicted molar refractivity (Wildman–Crippen MR) is 71.5 cm³/mol. The van der Waals surface area contributed by atoms with Crippen molar-refractivity contribution in [1.29, 1.82) is 0 Å². The zero-order valence-corrected chi connectivity index (χ0v) is 10.6. The third-order valence-electron chi connectivity index (χ3n) is 2.85. The van der Waals surface area contributed by atoms with E-state index in [1.54, 1.807) is 24.5 Å². The molecule has 21 heavy (non-hydrogen) atoms. The van der Waals surface area contributed by atoms with Crippen molar-refractivity contribution in [2.24, 2.45) is 0 Å². The maximum absolute atomic E-state index is 13.3. The van der Waals surface area contributed by atoms with Gasteiger partial charge in [-0.05, 0) is 18.2 Å². The van der Waals surface area contributed by atoms with Gasteiger partial charge in [0, 0.05) is 30.4 Å². The summed E-state index contributed by atoms with van der Waals surface area (Å²) in [6, 6.07) is 4.57. The summed E-state index contributed by atoms with van der Waals surface area (Å²) in [6.07, 6.45) is 6.93. The topological polar surface area (TPSA) is 80.9 Å². The second-order valence-corrected chi connectivity index (χ2v) is 4.24. The maximum Gasteiger partial charge on any atom is 0.339 e. The van der Waals surface area contributed by atoms with E-state index in [-0.39, 0.29) is 11.3 Å². The lowest BCUT2D eigenvalue weighted by molar-refractivity contribution is 0.0697. The van der Waals surface area contributed by atoms with Gasteiger partial charge in [0.2, 0.25) is 0 Å². The van der Waals surface area contributed by atoms with E-state index >= 15 is 0 Å². The number of nitrogens with zero attached hydrogens (tertiary/aromatic N) is 4. The van der Waals surface area contributed by atoms with Gasteiger partial charge < -0.3 is 5.11 Å².